The lowest BCUT2D eigenvalue weighted by atomic mass is 9.73. The molecule has 6 heteroatoms. The number of nitrogens with zero attached hydrogens (tertiary/aromatic N) is 1. The van der Waals surface area contributed by atoms with Crippen molar-refractivity contribution in [2.75, 3.05) is 7.11 Å². The van der Waals surface area contributed by atoms with E-state index in [2.05, 4.69) is 10.1 Å². The van der Waals surface area contributed by atoms with Gasteiger partial charge in [-0.25, -0.2) is 9.59 Å². The second kappa shape index (κ2) is 6.26. The van der Waals surface area contributed by atoms with E-state index in [9.17, 15) is 14.4 Å². The number of hydrogen-bond donors (Lipinski definition) is 1. The van der Waals surface area contributed by atoms with Crippen LogP contribution < -0.4 is 5.32 Å². The third-order valence-corrected chi connectivity index (χ3v) is 5.22. The average molecular weight is 330 g/mol. The van der Waals surface area contributed by atoms with E-state index < -0.39 is 11.5 Å². The molecule has 0 aromatic heterocycles. The first-order chi connectivity index (χ1) is 11.5. The van der Waals surface area contributed by atoms with E-state index in [0.29, 0.717) is 12.0 Å². The standard InChI is InChI=1S/C18H22N2O4/c1-12-5-3-4-10-18(12)16(22)20(17(23)19-18)11-13-6-8-14(9-7-13)15(21)24-2/h6-9,12H,3-5,10-11H2,1-2H3,(H,19,23)/t12-,18+/m1/s1. The van der Waals surface area contributed by atoms with Crippen LogP contribution in [0.3, 0.4) is 0 Å². The molecule has 1 saturated heterocycles. The molecule has 6 nitrogen and oxygen atoms in total. The Hall–Kier alpha value is -2.37. The molecule has 1 aliphatic heterocycles. The molecule has 1 aromatic carbocycles. The van der Waals surface area contributed by atoms with Crippen LogP contribution in [0.4, 0.5) is 4.79 Å². The molecule has 1 saturated carbocycles. The van der Waals surface area contributed by atoms with Gasteiger partial charge in [-0.05, 0) is 36.5 Å². The van der Waals surface area contributed by atoms with Crippen molar-refractivity contribution < 1.29 is 19.1 Å². The molecular formula is C18H22N2O4. The second-order valence-electron chi connectivity index (χ2n) is 6.63. The van der Waals surface area contributed by atoms with Crippen LogP contribution in [0.15, 0.2) is 24.3 Å². The maximum Gasteiger partial charge on any atom is 0.337 e. The highest BCUT2D eigenvalue weighted by molar-refractivity contribution is 6.07. The quantitative estimate of drug-likeness (QED) is 0.682. The van der Waals surface area contributed by atoms with Gasteiger partial charge in [-0.15, -0.1) is 0 Å². The first kappa shape index (κ1) is 16.5. The molecule has 2 aliphatic rings. The Kier molecular flexibility index (Phi) is 4.30. The van der Waals surface area contributed by atoms with E-state index in [1.807, 2.05) is 6.92 Å². The Morgan fingerprint density at radius 1 is 1.29 bits per heavy atom. The zero-order valence-corrected chi connectivity index (χ0v) is 14.0. The smallest absolute Gasteiger partial charge is 0.337 e. The number of amides is 3. The summed E-state index contributed by atoms with van der Waals surface area (Å²) < 4.78 is 4.66. The Labute approximate surface area is 141 Å². The summed E-state index contributed by atoms with van der Waals surface area (Å²) >= 11 is 0. The highest BCUT2D eigenvalue weighted by Gasteiger charge is 2.54. The van der Waals surface area contributed by atoms with E-state index in [-0.39, 0.29) is 24.4 Å². The monoisotopic (exact) mass is 330 g/mol. The summed E-state index contributed by atoms with van der Waals surface area (Å²) in [5, 5.41) is 2.94. The molecule has 128 valence electrons. The van der Waals surface area contributed by atoms with E-state index in [4.69, 9.17) is 0 Å². The number of esters is 1. The first-order valence-corrected chi connectivity index (χ1v) is 8.29. The number of hydrogen-bond acceptors (Lipinski definition) is 4. The number of rotatable bonds is 3. The number of imide groups is 1. The Morgan fingerprint density at radius 3 is 2.62 bits per heavy atom. The van der Waals surface area contributed by atoms with Crippen LogP contribution in [0.5, 0.6) is 0 Å². The van der Waals surface area contributed by atoms with Gasteiger partial charge in [0.15, 0.2) is 0 Å². The maximum absolute atomic E-state index is 12.9. The minimum absolute atomic E-state index is 0.128. The van der Waals surface area contributed by atoms with E-state index in [1.54, 1.807) is 24.3 Å². The van der Waals surface area contributed by atoms with Gasteiger partial charge in [-0.2, -0.15) is 0 Å². The van der Waals surface area contributed by atoms with Gasteiger partial charge < -0.3 is 10.1 Å². The molecule has 0 radical (unpaired) electrons. The van der Waals surface area contributed by atoms with Crippen LogP contribution in [0, 0.1) is 5.92 Å². The summed E-state index contributed by atoms with van der Waals surface area (Å²) in [7, 11) is 1.33. The lowest BCUT2D eigenvalue weighted by Gasteiger charge is -2.36. The van der Waals surface area contributed by atoms with Crippen LogP contribution in [0.25, 0.3) is 0 Å². The van der Waals surface area contributed by atoms with Crippen molar-refractivity contribution in [3.8, 4) is 0 Å². The van der Waals surface area contributed by atoms with Gasteiger partial charge in [0, 0.05) is 0 Å². The molecule has 1 N–H and O–H groups in total. The highest BCUT2D eigenvalue weighted by atomic mass is 16.5. The van der Waals surface area contributed by atoms with Crippen LogP contribution in [-0.2, 0) is 16.1 Å². The zero-order chi connectivity index (χ0) is 17.3. The van der Waals surface area contributed by atoms with E-state index >= 15 is 0 Å². The summed E-state index contributed by atoms with van der Waals surface area (Å²) in [4.78, 5) is 38.0. The second-order valence-corrected chi connectivity index (χ2v) is 6.63. The minimum Gasteiger partial charge on any atom is -0.465 e. The van der Waals surface area contributed by atoms with Crippen molar-refractivity contribution in [2.24, 2.45) is 5.92 Å². The fourth-order valence-electron chi connectivity index (χ4n) is 3.69. The van der Waals surface area contributed by atoms with Gasteiger partial charge in [0.05, 0.1) is 19.2 Å². The van der Waals surface area contributed by atoms with E-state index in [1.165, 1.54) is 12.0 Å². The highest BCUT2D eigenvalue weighted by Crippen LogP contribution is 2.38. The predicted molar refractivity (Wildman–Crippen MR) is 87.2 cm³/mol. The molecule has 3 amide bonds. The molecular weight excluding hydrogens is 308 g/mol. The number of urea groups is 1. The Bertz CT molecular complexity index is 670. The van der Waals surface area contributed by atoms with Crippen LogP contribution in [0.2, 0.25) is 0 Å². The molecule has 1 aliphatic carbocycles. The number of carbonyl (C=O) groups is 3. The summed E-state index contributed by atoms with van der Waals surface area (Å²) in [6, 6.07) is 6.42. The molecule has 0 unspecified atom stereocenters. The molecule has 1 aromatic rings. The van der Waals surface area contributed by atoms with Gasteiger partial charge in [0.2, 0.25) is 0 Å². The molecule has 2 atom stereocenters. The average Bonchev–Trinajstić information content (AvgIpc) is 2.82. The molecule has 1 spiro atoms. The first-order valence-electron chi connectivity index (χ1n) is 8.29. The van der Waals surface area contributed by atoms with Gasteiger partial charge >= 0.3 is 12.0 Å². The molecule has 24 heavy (non-hydrogen) atoms. The normalized spacial score (nSPS) is 26.6. The van der Waals surface area contributed by atoms with Crippen molar-refractivity contribution in [1.29, 1.82) is 0 Å². The third kappa shape index (κ3) is 2.66. The van der Waals surface area contributed by atoms with Crippen LogP contribution in [0.1, 0.15) is 48.5 Å². The van der Waals surface area contributed by atoms with Crippen molar-refractivity contribution in [1.82, 2.24) is 10.2 Å². The van der Waals surface area contributed by atoms with Crippen molar-refractivity contribution in [3.05, 3.63) is 35.4 Å². The number of carbonyl (C=O) groups excluding carboxylic acids is 3. The van der Waals surface area contributed by atoms with Crippen molar-refractivity contribution >= 4 is 17.9 Å². The molecule has 3 rings (SSSR count). The van der Waals surface area contributed by atoms with Gasteiger partial charge in [-0.3, -0.25) is 9.69 Å². The van der Waals surface area contributed by atoms with Crippen molar-refractivity contribution in [3.63, 3.8) is 0 Å². The molecule has 2 fully saturated rings. The molecule has 0 bridgehead atoms. The Morgan fingerprint density at radius 2 is 2.00 bits per heavy atom. The fourth-order valence-corrected chi connectivity index (χ4v) is 3.69. The lowest BCUT2D eigenvalue weighted by molar-refractivity contribution is -0.134. The predicted octanol–water partition coefficient (Wildman–Crippen LogP) is 2.47. The summed E-state index contributed by atoms with van der Waals surface area (Å²) in [6.45, 7) is 2.24. The fraction of sp³-hybridized carbons (Fsp3) is 0.500. The van der Waals surface area contributed by atoms with Gasteiger partial charge in [0.25, 0.3) is 5.91 Å². The number of methoxy groups -OCH3 is 1. The lowest BCUT2D eigenvalue weighted by Crippen LogP contribution is -2.53. The zero-order valence-electron chi connectivity index (χ0n) is 14.0. The largest absolute Gasteiger partial charge is 0.465 e. The summed E-state index contributed by atoms with van der Waals surface area (Å²) in [5.41, 5.74) is 0.504. The van der Waals surface area contributed by atoms with Crippen molar-refractivity contribution in [2.45, 2.75) is 44.7 Å². The van der Waals surface area contributed by atoms with Gasteiger partial charge in [-0.1, -0.05) is 31.9 Å². The van der Waals surface area contributed by atoms with Crippen LogP contribution >= 0.6 is 0 Å². The summed E-state index contributed by atoms with van der Waals surface area (Å²) in [6.07, 6.45) is 3.71. The topological polar surface area (TPSA) is 75.7 Å². The maximum atomic E-state index is 12.9. The van der Waals surface area contributed by atoms with Gasteiger partial charge in [0.1, 0.15) is 5.54 Å². The van der Waals surface area contributed by atoms with Crippen LogP contribution in [-0.4, -0.2) is 35.5 Å². The SMILES string of the molecule is COC(=O)c1ccc(CN2C(=O)N[C@]3(CCCC[C@H]3C)C2=O)cc1. The summed E-state index contributed by atoms with van der Waals surface area (Å²) in [5.74, 6) is -0.391. The molecule has 1 heterocycles. The number of nitrogens with one attached hydrogen (secondary N) is 1. The van der Waals surface area contributed by atoms with E-state index in [0.717, 1.165) is 24.8 Å². The minimum atomic E-state index is -0.735. The number of ether oxygens (including phenoxy) is 1. The number of benzene rings is 1. The third-order valence-electron chi connectivity index (χ3n) is 5.22. The Balaban J connectivity index is 1.77.